The van der Waals surface area contributed by atoms with Gasteiger partial charge in [-0.3, -0.25) is 9.69 Å². The topological polar surface area (TPSA) is 60.9 Å². The molecule has 2 aromatic carbocycles. The van der Waals surface area contributed by atoms with Crippen LogP contribution in [0.2, 0.25) is 0 Å². The van der Waals surface area contributed by atoms with Gasteiger partial charge < -0.3 is 10.0 Å². The number of amides is 1. The summed E-state index contributed by atoms with van der Waals surface area (Å²) in [5, 5.41) is 9.43. The molecule has 1 saturated heterocycles. The minimum atomic E-state index is -0.908. The van der Waals surface area contributed by atoms with Crippen molar-refractivity contribution in [2.45, 2.75) is 24.8 Å². The van der Waals surface area contributed by atoms with Gasteiger partial charge in [-0.1, -0.05) is 36.4 Å². The predicted molar refractivity (Wildman–Crippen MR) is 99.4 cm³/mol. The van der Waals surface area contributed by atoms with Gasteiger partial charge in [-0.2, -0.15) is 0 Å². The van der Waals surface area contributed by atoms with Crippen LogP contribution in [0.25, 0.3) is 0 Å². The first-order valence-corrected chi connectivity index (χ1v) is 8.94. The second kappa shape index (κ2) is 6.25. The second-order valence-electron chi connectivity index (χ2n) is 7.24. The van der Waals surface area contributed by atoms with Crippen LogP contribution in [0.3, 0.4) is 0 Å². The average molecular weight is 350 g/mol. The van der Waals surface area contributed by atoms with Gasteiger partial charge in [0.15, 0.2) is 0 Å². The number of aromatic carboxylic acids is 1. The van der Waals surface area contributed by atoms with Crippen molar-refractivity contribution in [1.82, 2.24) is 4.90 Å². The van der Waals surface area contributed by atoms with E-state index in [-0.39, 0.29) is 5.91 Å². The number of para-hydroxylation sites is 1. The molecule has 2 aliphatic rings. The first kappa shape index (κ1) is 16.8. The largest absolute Gasteiger partial charge is 0.478 e. The summed E-state index contributed by atoms with van der Waals surface area (Å²) < 4.78 is 0. The van der Waals surface area contributed by atoms with E-state index in [0.717, 1.165) is 36.2 Å². The molecule has 1 N–H and O–H groups in total. The van der Waals surface area contributed by atoms with Crippen LogP contribution >= 0.6 is 0 Å². The van der Waals surface area contributed by atoms with Gasteiger partial charge in [0.25, 0.3) is 0 Å². The number of anilines is 1. The Hall–Kier alpha value is -2.66. The molecule has 0 radical (unpaired) electrons. The smallest absolute Gasteiger partial charge is 0.336 e. The van der Waals surface area contributed by atoms with Crippen LogP contribution in [0.5, 0.6) is 0 Å². The minimum Gasteiger partial charge on any atom is -0.478 e. The lowest BCUT2D eigenvalue weighted by Gasteiger charge is -2.39. The lowest BCUT2D eigenvalue weighted by atomic mass is 9.75. The Morgan fingerprint density at radius 2 is 1.88 bits per heavy atom. The van der Waals surface area contributed by atoms with Gasteiger partial charge in [0, 0.05) is 25.8 Å². The molecule has 26 heavy (non-hydrogen) atoms. The molecule has 0 unspecified atom stereocenters. The van der Waals surface area contributed by atoms with Crippen molar-refractivity contribution in [3.05, 3.63) is 65.2 Å². The molecule has 1 amide bonds. The summed E-state index contributed by atoms with van der Waals surface area (Å²) in [7, 11) is 1.84. The van der Waals surface area contributed by atoms with E-state index in [1.165, 1.54) is 0 Å². The van der Waals surface area contributed by atoms with Crippen LogP contribution in [-0.4, -0.2) is 42.0 Å². The fourth-order valence-corrected chi connectivity index (χ4v) is 4.50. The Kier molecular flexibility index (Phi) is 4.04. The maximum absolute atomic E-state index is 13.1. The third-order valence-corrected chi connectivity index (χ3v) is 5.71. The second-order valence-corrected chi connectivity index (χ2v) is 7.24. The summed E-state index contributed by atoms with van der Waals surface area (Å²) in [4.78, 5) is 28.6. The highest BCUT2D eigenvalue weighted by Gasteiger charge is 2.51. The number of carbonyl (C=O) groups excluding carboxylic acids is 1. The molecule has 0 bridgehead atoms. The van der Waals surface area contributed by atoms with E-state index in [0.29, 0.717) is 18.7 Å². The van der Waals surface area contributed by atoms with E-state index in [2.05, 4.69) is 11.0 Å². The number of nitrogens with zero attached hydrogens (tertiary/aromatic N) is 2. The number of carbonyl (C=O) groups is 2. The quantitative estimate of drug-likeness (QED) is 0.925. The molecular formula is C21H22N2O3. The van der Waals surface area contributed by atoms with Crippen molar-refractivity contribution in [1.29, 1.82) is 0 Å². The molecule has 1 fully saturated rings. The van der Waals surface area contributed by atoms with E-state index in [1.54, 1.807) is 17.0 Å². The number of benzene rings is 2. The number of carboxylic acids is 1. The van der Waals surface area contributed by atoms with Crippen LogP contribution in [0, 0.1) is 0 Å². The van der Waals surface area contributed by atoms with Crippen molar-refractivity contribution < 1.29 is 14.7 Å². The third kappa shape index (κ3) is 2.51. The van der Waals surface area contributed by atoms with E-state index < -0.39 is 11.4 Å². The molecule has 4 rings (SSSR count). The predicted octanol–water partition coefficient (Wildman–Crippen LogP) is 2.90. The lowest BCUT2D eigenvalue weighted by Crippen LogP contribution is -2.51. The first-order valence-electron chi connectivity index (χ1n) is 8.94. The van der Waals surface area contributed by atoms with E-state index in [4.69, 9.17) is 0 Å². The molecule has 5 nitrogen and oxygen atoms in total. The molecule has 2 heterocycles. The molecule has 1 spiro atoms. The fourth-order valence-electron chi connectivity index (χ4n) is 4.50. The van der Waals surface area contributed by atoms with Gasteiger partial charge in [-0.05, 0) is 42.6 Å². The van der Waals surface area contributed by atoms with Crippen molar-refractivity contribution >= 4 is 17.6 Å². The monoisotopic (exact) mass is 350 g/mol. The first-order chi connectivity index (χ1) is 12.5. The summed E-state index contributed by atoms with van der Waals surface area (Å²) in [5.74, 6) is -0.760. The van der Waals surface area contributed by atoms with Gasteiger partial charge in [-0.25, -0.2) is 4.79 Å². The maximum atomic E-state index is 13.1. The molecule has 2 aromatic rings. The summed E-state index contributed by atoms with van der Waals surface area (Å²) in [6, 6.07) is 15.1. The number of likely N-dealkylation sites (tertiary alicyclic amines) is 1. The van der Waals surface area contributed by atoms with Gasteiger partial charge in [-0.15, -0.1) is 0 Å². The number of piperidine rings is 1. The Bertz CT molecular complexity index is 879. The van der Waals surface area contributed by atoms with Crippen molar-refractivity contribution in [3.63, 3.8) is 0 Å². The fraction of sp³-hybridized carbons (Fsp3) is 0.333. The Morgan fingerprint density at radius 3 is 2.69 bits per heavy atom. The van der Waals surface area contributed by atoms with E-state index in [9.17, 15) is 14.7 Å². The zero-order valence-electron chi connectivity index (χ0n) is 14.8. The van der Waals surface area contributed by atoms with Crippen molar-refractivity contribution in [2.24, 2.45) is 0 Å². The highest BCUT2D eigenvalue weighted by Crippen LogP contribution is 2.46. The van der Waals surface area contributed by atoms with E-state index >= 15 is 0 Å². The molecule has 5 heteroatoms. The number of carboxylic acid groups (broad SMARTS) is 1. The Morgan fingerprint density at radius 1 is 1.15 bits per heavy atom. The SMILES string of the molecule is CN1C(=O)[C@@]2(CCCN(Cc3ccccc3C(=O)O)C2)c2ccccc21. The molecule has 134 valence electrons. The molecule has 1 atom stereocenters. The molecule has 2 aliphatic heterocycles. The van der Waals surface area contributed by atoms with Crippen molar-refractivity contribution in [3.8, 4) is 0 Å². The van der Waals surface area contributed by atoms with Crippen molar-refractivity contribution in [2.75, 3.05) is 25.0 Å². The van der Waals surface area contributed by atoms with E-state index in [1.807, 2.05) is 37.4 Å². The number of hydrogen-bond donors (Lipinski definition) is 1. The number of likely N-dealkylation sites (N-methyl/N-ethyl adjacent to an activating group) is 1. The maximum Gasteiger partial charge on any atom is 0.336 e. The van der Waals surface area contributed by atoms with Gasteiger partial charge in [0.05, 0.1) is 11.0 Å². The number of fused-ring (bicyclic) bond motifs is 2. The Balaban J connectivity index is 1.65. The summed E-state index contributed by atoms with van der Waals surface area (Å²) in [6.45, 7) is 2.04. The van der Waals surface area contributed by atoms with Crippen LogP contribution < -0.4 is 4.90 Å². The summed E-state index contributed by atoms with van der Waals surface area (Å²) in [6.07, 6.45) is 1.76. The third-order valence-electron chi connectivity index (χ3n) is 5.71. The molecule has 0 aliphatic carbocycles. The minimum absolute atomic E-state index is 0.148. The number of rotatable bonds is 3. The number of hydrogen-bond acceptors (Lipinski definition) is 3. The lowest BCUT2D eigenvalue weighted by molar-refractivity contribution is -0.125. The van der Waals surface area contributed by atoms with Gasteiger partial charge in [0.2, 0.25) is 5.91 Å². The van der Waals surface area contributed by atoms with Crippen LogP contribution in [0.4, 0.5) is 5.69 Å². The molecule has 0 saturated carbocycles. The van der Waals surface area contributed by atoms with Crippen LogP contribution in [-0.2, 0) is 16.8 Å². The molecular weight excluding hydrogens is 328 g/mol. The molecule has 0 aromatic heterocycles. The Labute approximate surface area is 152 Å². The van der Waals surface area contributed by atoms with Gasteiger partial charge in [0.1, 0.15) is 0 Å². The summed E-state index contributed by atoms with van der Waals surface area (Å²) >= 11 is 0. The summed E-state index contributed by atoms with van der Waals surface area (Å²) in [5.41, 5.74) is 2.71. The standard InChI is InChI=1S/C21H22N2O3/c1-22-18-10-5-4-9-17(18)21(20(22)26)11-6-12-23(14-21)13-15-7-2-3-8-16(15)19(24)25/h2-5,7-10H,6,11-14H2,1H3,(H,24,25)/t21-/m1/s1. The zero-order chi connectivity index (χ0) is 18.3. The normalized spacial score (nSPS) is 22.7. The zero-order valence-corrected chi connectivity index (χ0v) is 14.8. The highest BCUT2D eigenvalue weighted by atomic mass is 16.4. The average Bonchev–Trinajstić information content (AvgIpc) is 2.85. The van der Waals surface area contributed by atoms with Crippen LogP contribution in [0.15, 0.2) is 48.5 Å². The van der Waals surface area contributed by atoms with Gasteiger partial charge >= 0.3 is 5.97 Å². The van der Waals surface area contributed by atoms with Crippen LogP contribution in [0.1, 0.15) is 34.3 Å². The highest BCUT2D eigenvalue weighted by molar-refractivity contribution is 6.08.